The molecule has 1 aromatic heterocycles. The van der Waals surface area contributed by atoms with Crippen LogP contribution in [0.4, 0.5) is 0 Å². The summed E-state index contributed by atoms with van der Waals surface area (Å²) in [7, 11) is 0. The van der Waals surface area contributed by atoms with Crippen LogP contribution >= 0.6 is 27.3 Å². The molecule has 1 aromatic rings. The summed E-state index contributed by atoms with van der Waals surface area (Å²) < 4.78 is 6.63. The molecule has 18 heavy (non-hydrogen) atoms. The molecule has 2 nitrogen and oxygen atoms in total. The van der Waals surface area contributed by atoms with Crippen LogP contribution in [-0.4, -0.2) is 25.8 Å². The van der Waals surface area contributed by atoms with Crippen molar-refractivity contribution >= 4 is 27.3 Å². The molecule has 104 valence electrons. The van der Waals surface area contributed by atoms with Gasteiger partial charge < -0.3 is 10.1 Å². The quantitative estimate of drug-likeness (QED) is 0.646. The molecule has 0 fully saturated rings. The minimum Gasteiger partial charge on any atom is -0.382 e. The minimum atomic E-state index is 0.580. The van der Waals surface area contributed by atoms with E-state index in [2.05, 4.69) is 47.2 Å². The number of halogens is 1. The Bertz CT molecular complexity index is 316. The third kappa shape index (κ3) is 6.88. The van der Waals surface area contributed by atoms with E-state index in [1.54, 1.807) is 0 Å². The van der Waals surface area contributed by atoms with Crippen molar-refractivity contribution < 1.29 is 4.74 Å². The number of hydrogen-bond donors (Lipinski definition) is 1. The van der Waals surface area contributed by atoms with Crippen LogP contribution in [0.2, 0.25) is 0 Å². The summed E-state index contributed by atoms with van der Waals surface area (Å²) in [6, 6.07) is 4.94. The van der Waals surface area contributed by atoms with Crippen LogP contribution in [0.15, 0.2) is 15.9 Å². The van der Waals surface area contributed by atoms with Crippen molar-refractivity contribution in [3.05, 3.63) is 20.8 Å². The minimum absolute atomic E-state index is 0.580. The van der Waals surface area contributed by atoms with E-state index in [9.17, 15) is 0 Å². The van der Waals surface area contributed by atoms with Crippen LogP contribution in [0, 0.1) is 0 Å². The largest absolute Gasteiger partial charge is 0.382 e. The highest BCUT2D eigenvalue weighted by Gasteiger charge is 2.10. The molecule has 0 aliphatic carbocycles. The van der Waals surface area contributed by atoms with Gasteiger partial charge >= 0.3 is 0 Å². The molecule has 0 amide bonds. The van der Waals surface area contributed by atoms with E-state index in [1.807, 2.05) is 11.3 Å². The van der Waals surface area contributed by atoms with E-state index in [-0.39, 0.29) is 0 Å². The highest BCUT2D eigenvalue weighted by Crippen LogP contribution is 2.23. The molecule has 1 atom stereocenters. The molecule has 0 aliphatic rings. The molecule has 1 unspecified atom stereocenters. The first-order valence-corrected chi connectivity index (χ1v) is 8.42. The molecule has 0 saturated carbocycles. The lowest BCUT2D eigenvalue weighted by atomic mass is 10.1. The molecular formula is C14H24BrNOS. The predicted molar refractivity (Wildman–Crippen MR) is 83.5 cm³/mol. The van der Waals surface area contributed by atoms with E-state index in [1.165, 1.54) is 21.5 Å². The van der Waals surface area contributed by atoms with E-state index in [4.69, 9.17) is 4.74 Å². The summed E-state index contributed by atoms with van der Waals surface area (Å²) in [5.41, 5.74) is 0. The van der Waals surface area contributed by atoms with Gasteiger partial charge in [-0.1, -0.05) is 6.92 Å². The Hall–Kier alpha value is 0.1000. The van der Waals surface area contributed by atoms with Crippen LogP contribution in [0.5, 0.6) is 0 Å². The van der Waals surface area contributed by atoms with Crippen LogP contribution in [0.3, 0.4) is 0 Å². The summed E-state index contributed by atoms with van der Waals surface area (Å²) in [4.78, 5) is 1.45. The van der Waals surface area contributed by atoms with Gasteiger partial charge in [0, 0.05) is 24.1 Å². The Balaban J connectivity index is 2.34. The van der Waals surface area contributed by atoms with Crippen molar-refractivity contribution in [3.8, 4) is 0 Å². The summed E-state index contributed by atoms with van der Waals surface area (Å²) in [5.74, 6) is 0. The molecule has 0 spiro atoms. The van der Waals surface area contributed by atoms with E-state index in [0.717, 1.165) is 32.6 Å². The lowest BCUT2D eigenvalue weighted by Crippen LogP contribution is -2.31. The van der Waals surface area contributed by atoms with Crippen LogP contribution < -0.4 is 5.32 Å². The third-order valence-corrected chi connectivity index (χ3v) is 4.45. The van der Waals surface area contributed by atoms with Crippen LogP contribution in [-0.2, 0) is 11.2 Å². The van der Waals surface area contributed by atoms with Crippen molar-refractivity contribution in [2.24, 2.45) is 0 Å². The first-order chi connectivity index (χ1) is 8.76. The van der Waals surface area contributed by atoms with Gasteiger partial charge in [-0.05, 0) is 67.2 Å². The summed E-state index contributed by atoms with van der Waals surface area (Å²) in [6.45, 7) is 7.08. The normalized spacial score (nSPS) is 12.8. The Labute approximate surface area is 123 Å². The van der Waals surface area contributed by atoms with Gasteiger partial charge in [-0.25, -0.2) is 0 Å². The SMILES string of the molecule is CCCNC(CCCOCC)Cc1ccc(Br)s1. The lowest BCUT2D eigenvalue weighted by molar-refractivity contribution is 0.140. The molecule has 1 N–H and O–H groups in total. The topological polar surface area (TPSA) is 21.3 Å². The lowest BCUT2D eigenvalue weighted by Gasteiger charge is -2.17. The monoisotopic (exact) mass is 333 g/mol. The number of hydrogen-bond acceptors (Lipinski definition) is 3. The molecular weight excluding hydrogens is 310 g/mol. The standard InChI is InChI=1S/C14H24BrNOS/c1-3-9-16-12(6-5-10-17-4-2)11-13-7-8-14(15)18-13/h7-8,12,16H,3-6,9-11H2,1-2H3. The van der Waals surface area contributed by atoms with Crippen LogP contribution in [0.25, 0.3) is 0 Å². The number of thiophene rings is 1. The molecule has 0 saturated heterocycles. The number of ether oxygens (including phenoxy) is 1. The molecule has 1 rings (SSSR count). The van der Waals surface area contributed by atoms with E-state index >= 15 is 0 Å². The maximum atomic E-state index is 5.41. The van der Waals surface area contributed by atoms with Crippen molar-refractivity contribution in [2.45, 2.75) is 45.6 Å². The van der Waals surface area contributed by atoms with Gasteiger partial charge in [0.1, 0.15) is 0 Å². The van der Waals surface area contributed by atoms with Gasteiger partial charge in [-0.15, -0.1) is 11.3 Å². The third-order valence-electron chi connectivity index (χ3n) is 2.80. The van der Waals surface area contributed by atoms with Gasteiger partial charge in [0.25, 0.3) is 0 Å². The highest BCUT2D eigenvalue weighted by atomic mass is 79.9. The first-order valence-electron chi connectivity index (χ1n) is 6.81. The maximum Gasteiger partial charge on any atom is 0.0701 e. The molecule has 0 aromatic carbocycles. The number of rotatable bonds is 10. The van der Waals surface area contributed by atoms with Gasteiger partial charge in [-0.3, -0.25) is 0 Å². The zero-order valence-electron chi connectivity index (χ0n) is 11.4. The van der Waals surface area contributed by atoms with Crippen molar-refractivity contribution in [2.75, 3.05) is 19.8 Å². The molecule has 0 aliphatic heterocycles. The van der Waals surface area contributed by atoms with Gasteiger partial charge in [0.2, 0.25) is 0 Å². The summed E-state index contributed by atoms with van der Waals surface area (Å²) in [5, 5.41) is 3.64. The van der Waals surface area contributed by atoms with Gasteiger partial charge in [0.05, 0.1) is 3.79 Å². The number of nitrogens with one attached hydrogen (secondary N) is 1. The smallest absolute Gasteiger partial charge is 0.0701 e. The Morgan fingerprint density at radius 3 is 2.83 bits per heavy atom. The summed E-state index contributed by atoms with van der Waals surface area (Å²) >= 11 is 5.36. The predicted octanol–water partition coefficient (Wildman–Crippen LogP) is 4.24. The van der Waals surface area contributed by atoms with E-state index in [0.29, 0.717) is 6.04 Å². The second-order valence-corrected chi connectivity index (χ2v) is 6.95. The zero-order chi connectivity index (χ0) is 13.2. The maximum absolute atomic E-state index is 5.41. The Kier molecular flexibility index (Phi) is 8.94. The Morgan fingerprint density at radius 2 is 2.22 bits per heavy atom. The average molecular weight is 334 g/mol. The second-order valence-electron chi connectivity index (χ2n) is 4.40. The van der Waals surface area contributed by atoms with E-state index < -0.39 is 0 Å². The van der Waals surface area contributed by atoms with Crippen molar-refractivity contribution in [1.82, 2.24) is 5.32 Å². The molecule has 0 radical (unpaired) electrons. The fourth-order valence-electron chi connectivity index (χ4n) is 1.91. The zero-order valence-corrected chi connectivity index (χ0v) is 13.8. The van der Waals surface area contributed by atoms with Crippen molar-refractivity contribution in [3.63, 3.8) is 0 Å². The average Bonchev–Trinajstić information content (AvgIpc) is 2.77. The van der Waals surface area contributed by atoms with Gasteiger partial charge in [0.15, 0.2) is 0 Å². The molecule has 4 heteroatoms. The van der Waals surface area contributed by atoms with Crippen LogP contribution in [0.1, 0.15) is 38.0 Å². The summed E-state index contributed by atoms with van der Waals surface area (Å²) in [6.07, 6.45) is 4.65. The molecule has 0 bridgehead atoms. The van der Waals surface area contributed by atoms with Crippen molar-refractivity contribution in [1.29, 1.82) is 0 Å². The Morgan fingerprint density at radius 1 is 1.39 bits per heavy atom. The first kappa shape index (κ1) is 16.2. The van der Waals surface area contributed by atoms with Gasteiger partial charge in [-0.2, -0.15) is 0 Å². The fourth-order valence-corrected chi connectivity index (χ4v) is 3.47. The second kappa shape index (κ2) is 9.96. The fraction of sp³-hybridized carbons (Fsp3) is 0.714. The molecule has 1 heterocycles. The highest BCUT2D eigenvalue weighted by molar-refractivity contribution is 9.11.